The number of hydrogen-bond acceptors (Lipinski definition) is 8. The van der Waals surface area contributed by atoms with Crippen LogP contribution in [0.5, 0.6) is 0 Å². The number of benzene rings is 2. The molecule has 0 N–H and O–H groups in total. The van der Waals surface area contributed by atoms with Gasteiger partial charge in [0.25, 0.3) is 22.7 Å². The number of aromatic nitrogens is 1. The summed E-state index contributed by atoms with van der Waals surface area (Å²) in [5.74, 6) is 0. The SMILES string of the molecule is C[n+]1cccc(-c2ccc([N+](=O)[O-])cc2[N+](=O)[O-])c1-c1ccc([N+](=O)[O-])cc1[N+](=O)[O-]. The van der Waals surface area contributed by atoms with Gasteiger partial charge in [-0.15, -0.1) is 0 Å². The molecular formula is C18H12N5O8+. The Morgan fingerprint density at radius 1 is 0.645 bits per heavy atom. The van der Waals surface area contributed by atoms with Gasteiger partial charge in [-0.2, -0.15) is 0 Å². The molecule has 0 unspecified atom stereocenters. The highest BCUT2D eigenvalue weighted by atomic mass is 16.6. The highest BCUT2D eigenvalue weighted by Gasteiger charge is 2.31. The molecule has 13 heteroatoms. The van der Waals surface area contributed by atoms with Gasteiger partial charge in [-0.3, -0.25) is 40.5 Å². The molecule has 0 spiro atoms. The van der Waals surface area contributed by atoms with E-state index in [-0.39, 0.29) is 22.4 Å². The van der Waals surface area contributed by atoms with Crippen molar-refractivity contribution in [1.82, 2.24) is 0 Å². The summed E-state index contributed by atoms with van der Waals surface area (Å²) >= 11 is 0. The van der Waals surface area contributed by atoms with Crippen LogP contribution in [0.25, 0.3) is 22.4 Å². The fraction of sp³-hybridized carbons (Fsp3) is 0.0556. The predicted octanol–water partition coefficient (Wildman–Crippen LogP) is 3.48. The molecule has 1 heterocycles. The van der Waals surface area contributed by atoms with E-state index in [1.807, 2.05) is 0 Å². The van der Waals surface area contributed by atoms with E-state index in [1.54, 1.807) is 19.3 Å². The normalized spacial score (nSPS) is 10.5. The molecule has 0 aliphatic rings. The molecule has 0 amide bonds. The Kier molecular flexibility index (Phi) is 5.33. The van der Waals surface area contributed by atoms with Crippen molar-refractivity contribution in [2.45, 2.75) is 0 Å². The van der Waals surface area contributed by atoms with Crippen LogP contribution in [0.4, 0.5) is 22.7 Å². The van der Waals surface area contributed by atoms with E-state index in [9.17, 15) is 40.5 Å². The smallest absolute Gasteiger partial charge is 0.258 e. The third-order valence-electron chi connectivity index (χ3n) is 4.50. The molecule has 0 saturated heterocycles. The molecule has 1 aromatic heterocycles. The van der Waals surface area contributed by atoms with Crippen molar-refractivity contribution in [2.24, 2.45) is 7.05 Å². The van der Waals surface area contributed by atoms with Gasteiger partial charge in [-0.25, -0.2) is 4.57 Å². The number of non-ortho nitro benzene ring substituents is 2. The summed E-state index contributed by atoms with van der Waals surface area (Å²) in [5, 5.41) is 45.3. The van der Waals surface area contributed by atoms with E-state index in [1.165, 1.54) is 22.8 Å². The minimum Gasteiger partial charge on any atom is -0.258 e. The average molecular weight is 426 g/mol. The number of hydrogen-bond donors (Lipinski definition) is 0. The summed E-state index contributed by atoms with van der Waals surface area (Å²) in [7, 11) is 1.54. The van der Waals surface area contributed by atoms with Crippen LogP contribution in [-0.2, 0) is 7.05 Å². The summed E-state index contributed by atoms with van der Waals surface area (Å²) in [5.41, 5.74) is -1.77. The lowest BCUT2D eigenvalue weighted by Crippen LogP contribution is -2.31. The van der Waals surface area contributed by atoms with Crippen LogP contribution in [0, 0.1) is 40.5 Å². The van der Waals surface area contributed by atoms with E-state index in [2.05, 4.69) is 0 Å². The Hall–Kier alpha value is -4.81. The van der Waals surface area contributed by atoms with E-state index < -0.39 is 42.4 Å². The second-order valence-corrected chi connectivity index (χ2v) is 6.31. The molecule has 0 fully saturated rings. The van der Waals surface area contributed by atoms with Gasteiger partial charge in [0.2, 0.25) is 5.69 Å². The highest BCUT2D eigenvalue weighted by Crippen LogP contribution is 2.40. The zero-order valence-electron chi connectivity index (χ0n) is 15.7. The molecule has 3 rings (SSSR count). The lowest BCUT2D eigenvalue weighted by atomic mass is 9.96. The summed E-state index contributed by atoms with van der Waals surface area (Å²) < 4.78 is 1.47. The lowest BCUT2D eigenvalue weighted by molar-refractivity contribution is -0.660. The van der Waals surface area contributed by atoms with Crippen molar-refractivity contribution in [3.05, 3.63) is 95.2 Å². The van der Waals surface area contributed by atoms with Gasteiger partial charge in [-0.1, -0.05) is 0 Å². The fourth-order valence-corrected chi connectivity index (χ4v) is 3.16. The van der Waals surface area contributed by atoms with Crippen LogP contribution < -0.4 is 4.57 Å². The quantitative estimate of drug-likeness (QED) is 0.327. The maximum atomic E-state index is 11.6. The van der Waals surface area contributed by atoms with Crippen molar-refractivity contribution in [3.63, 3.8) is 0 Å². The number of nitro groups is 4. The van der Waals surface area contributed by atoms with Crippen molar-refractivity contribution in [3.8, 4) is 22.4 Å². The Morgan fingerprint density at radius 3 is 1.61 bits per heavy atom. The van der Waals surface area contributed by atoms with Gasteiger partial charge < -0.3 is 0 Å². The van der Waals surface area contributed by atoms with Crippen molar-refractivity contribution in [1.29, 1.82) is 0 Å². The van der Waals surface area contributed by atoms with E-state index in [4.69, 9.17) is 0 Å². The number of nitro benzene ring substituents is 4. The van der Waals surface area contributed by atoms with E-state index >= 15 is 0 Å². The summed E-state index contributed by atoms with van der Waals surface area (Å²) in [6.07, 6.45) is 1.54. The molecule has 0 saturated carbocycles. The first-order valence-corrected chi connectivity index (χ1v) is 8.47. The van der Waals surface area contributed by atoms with Crippen LogP contribution in [0.1, 0.15) is 0 Å². The molecule has 156 valence electrons. The topological polar surface area (TPSA) is 176 Å². The van der Waals surface area contributed by atoms with Crippen LogP contribution >= 0.6 is 0 Å². The zero-order chi connectivity index (χ0) is 22.9. The van der Waals surface area contributed by atoms with Crippen LogP contribution in [0.15, 0.2) is 54.7 Å². The molecule has 31 heavy (non-hydrogen) atoms. The molecule has 2 aromatic carbocycles. The fourth-order valence-electron chi connectivity index (χ4n) is 3.16. The number of rotatable bonds is 6. The Bertz CT molecular complexity index is 1270. The largest absolute Gasteiger partial charge is 0.290 e. The first-order chi connectivity index (χ1) is 14.6. The van der Waals surface area contributed by atoms with Gasteiger partial charge in [0, 0.05) is 18.2 Å². The maximum absolute atomic E-state index is 11.6. The second kappa shape index (κ2) is 7.90. The molecule has 13 nitrogen and oxygen atoms in total. The molecular weight excluding hydrogens is 414 g/mol. The van der Waals surface area contributed by atoms with Gasteiger partial charge in [-0.05, 0) is 18.2 Å². The average Bonchev–Trinajstić information content (AvgIpc) is 2.72. The molecule has 0 bridgehead atoms. The molecule has 0 radical (unpaired) electrons. The number of nitrogens with zero attached hydrogens (tertiary/aromatic N) is 5. The minimum absolute atomic E-state index is 0.00514. The first-order valence-electron chi connectivity index (χ1n) is 8.47. The lowest BCUT2D eigenvalue weighted by Gasteiger charge is -2.09. The Morgan fingerprint density at radius 2 is 1.13 bits per heavy atom. The third-order valence-corrected chi connectivity index (χ3v) is 4.50. The van der Waals surface area contributed by atoms with Crippen LogP contribution in [0.2, 0.25) is 0 Å². The monoisotopic (exact) mass is 426 g/mol. The molecule has 3 aromatic rings. The maximum Gasteiger partial charge on any atom is 0.290 e. The molecule has 0 aliphatic heterocycles. The number of aryl methyl sites for hydroxylation is 1. The van der Waals surface area contributed by atoms with E-state index in [0.717, 1.165) is 24.3 Å². The third kappa shape index (κ3) is 3.87. The van der Waals surface area contributed by atoms with Crippen molar-refractivity contribution in [2.75, 3.05) is 0 Å². The Labute approximate surface area is 172 Å². The standard InChI is InChI=1S/C18H12N5O8/c1-19-8-2-3-14(13-6-4-11(20(24)25)9-16(13)22(28)29)18(19)15-7-5-12(21(26)27)10-17(15)23(30)31/h2-10H,1H3/q+1. The zero-order valence-corrected chi connectivity index (χ0v) is 15.7. The molecule has 0 atom stereocenters. The first kappa shape index (κ1) is 20.9. The minimum atomic E-state index is -0.788. The van der Waals surface area contributed by atoms with Crippen LogP contribution in [0.3, 0.4) is 0 Å². The number of pyridine rings is 1. The highest BCUT2D eigenvalue weighted by molar-refractivity contribution is 5.87. The van der Waals surface area contributed by atoms with Gasteiger partial charge >= 0.3 is 0 Å². The van der Waals surface area contributed by atoms with Crippen LogP contribution in [-0.4, -0.2) is 19.7 Å². The van der Waals surface area contributed by atoms with Gasteiger partial charge in [0.1, 0.15) is 12.6 Å². The Balaban J connectivity index is 2.37. The van der Waals surface area contributed by atoms with Crippen molar-refractivity contribution >= 4 is 22.7 Å². The van der Waals surface area contributed by atoms with E-state index in [0.29, 0.717) is 0 Å². The second-order valence-electron chi connectivity index (χ2n) is 6.31. The van der Waals surface area contributed by atoms with Crippen molar-refractivity contribution < 1.29 is 24.3 Å². The summed E-state index contributed by atoms with van der Waals surface area (Å²) in [4.78, 5) is 42.1. The summed E-state index contributed by atoms with van der Waals surface area (Å²) in [6, 6.07) is 9.16. The van der Waals surface area contributed by atoms with Gasteiger partial charge in [0.05, 0.1) is 43.0 Å². The summed E-state index contributed by atoms with van der Waals surface area (Å²) in [6.45, 7) is 0. The predicted molar refractivity (Wildman–Crippen MR) is 105 cm³/mol. The molecule has 0 aliphatic carbocycles. The van der Waals surface area contributed by atoms with Gasteiger partial charge in [0.15, 0.2) is 6.20 Å².